The second-order valence-electron chi connectivity index (χ2n) is 7.48. The van der Waals surface area contributed by atoms with Crippen LogP contribution in [0.2, 0.25) is 0 Å². The van der Waals surface area contributed by atoms with Crippen molar-refractivity contribution < 1.29 is 14.3 Å². The average molecular weight is 546 g/mol. The maximum absolute atomic E-state index is 12.5. The molecule has 31 heavy (non-hydrogen) atoms. The third-order valence-corrected chi connectivity index (χ3v) is 5.08. The molecule has 1 aliphatic rings. The molecule has 2 rings (SSSR count). The lowest BCUT2D eigenvalue weighted by Gasteiger charge is -2.26. The highest BCUT2D eigenvalue weighted by Gasteiger charge is 2.17. The Balaban J connectivity index is 0.00000480. The number of unbranched alkanes of at least 4 members (excludes halogenated alkanes) is 1. The Labute approximate surface area is 204 Å². The van der Waals surface area contributed by atoms with Gasteiger partial charge in [-0.25, -0.2) is 0 Å². The van der Waals surface area contributed by atoms with Gasteiger partial charge >= 0.3 is 0 Å². The Kier molecular flexibility index (Phi) is 15.3. The van der Waals surface area contributed by atoms with E-state index >= 15 is 0 Å². The average Bonchev–Trinajstić information content (AvgIpc) is 2.80. The highest BCUT2D eigenvalue weighted by Crippen LogP contribution is 2.13. The van der Waals surface area contributed by atoms with Crippen LogP contribution in [0.25, 0.3) is 0 Å². The molecule has 0 unspecified atom stereocenters. The van der Waals surface area contributed by atoms with E-state index in [9.17, 15) is 4.79 Å². The first-order chi connectivity index (χ1) is 14.7. The summed E-state index contributed by atoms with van der Waals surface area (Å²) < 4.78 is 11.0. The smallest absolute Gasteiger partial charge is 0.253 e. The fraction of sp³-hybridized carbons (Fsp3) is 0.652. The van der Waals surface area contributed by atoms with Gasteiger partial charge in [-0.15, -0.1) is 24.0 Å². The fourth-order valence-corrected chi connectivity index (χ4v) is 3.26. The molecule has 176 valence electrons. The number of likely N-dealkylation sites (tertiary alicyclic amines) is 1. The minimum atomic E-state index is 0. The standard InChI is InChI=1S/C23H38N4O3.HI/c1-3-4-15-29-17-18-30-16-12-25-23(24-2)26-19-20-8-10-21(11-9-20)22(28)27-13-6-5-7-14-27;/h8-11H,3-7,12-19H2,1-2H3,(H2,24,25,26);1H. The molecule has 1 fully saturated rings. The van der Waals surface area contributed by atoms with Crippen molar-refractivity contribution in [3.8, 4) is 0 Å². The van der Waals surface area contributed by atoms with Gasteiger partial charge in [-0.3, -0.25) is 9.79 Å². The normalized spacial score (nSPS) is 14.1. The van der Waals surface area contributed by atoms with E-state index in [-0.39, 0.29) is 29.9 Å². The van der Waals surface area contributed by atoms with E-state index in [1.807, 2.05) is 29.2 Å². The number of amides is 1. The van der Waals surface area contributed by atoms with E-state index in [1.54, 1.807) is 7.05 Å². The zero-order valence-electron chi connectivity index (χ0n) is 19.0. The second kappa shape index (κ2) is 17.2. The van der Waals surface area contributed by atoms with Gasteiger partial charge in [0.15, 0.2) is 5.96 Å². The molecule has 0 saturated carbocycles. The van der Waals surface area contributed by atoms with Gasteiger partial charge < -0.3 is 25.0 Å². The number of aliphatic imine (C=N–C) groups is 1. The summed E-state index contributed by atoms with van der Waals surface area (Å²) >= 11 is 0. The van der Waals surface area contributed by atoms with Gasteiger partial charge in [0.05, 0.1) is 19.8 Å². The summed E-state index contributed by atoms with van der Waals surface area (Å²) in [6.45, 7) is 7.89. The van der Waals surface area contributed by atoms with E-state index in [0.717, 1.165) is 62.5 Å². The summed E-state index contributed by atoms with van der Waals surface area (Å²) in [5, 5.41) is 6.52. The molecule has 0 radical (unpaired) electrons. The van der Waals surface area contributed by atoms with Crippen molar-refractivity contribution in [2.45, 2.75) is 45.6 Å². The molecule has 0 aliphatic carbocycles. The van der Waals surface area contributed by atoms with Gasteiger partial charge in [-0.1, -0.05) is 25.5 Å². The van der Waals surface area contributed by atoms with Gasteiger partial charge in [-0.2, -0.15) is 0 Å². The Hall–Kier alpha value is -1.39. The molecule has 0 spiro atoms. The summed E-state index contributed by atoms with van der Waals surface area (Å²) in [4.78, 5) is 18.7. The predicted octanol–water partition coefficient (Wildman–Crippen LogP) is 3.43. The number of nitrogens with zero attached hydrogens (tertiary/aromatic N) is 2. The fourth-order valence-electron chi connectivity index (χ4n) is 3.26. The maximum atomic E-state index is 12.5. The summed E-state index contributed by atoms with van der Waals surface area (Å²) in [6.07, 6.45) is 5.69. The molecule has 1 aromatic rings. The largest absolute Gasteiger partial charge is 0.379 e. The number of carbonyl (C=O) groups excluding carboxylic acids is 1. The molecular formula is C23H39IN4O3. The molecule has 8 heteroatoms. The van der Waals surface area contributed by atoms with Crippen molar-refractivity contribution in [2.75, 3.05) is 53.1 Å². The number of benzene rings is 1. The van der Waals surface area contributed by atoms with Crippen LogP contribution in [0, 0.1) is 0 Å². The number of piperidine rings is 1. The van der Waals surface area contributed by atoms with Gasteiger partial charge in [-0.05, 0) is 43.4 Å². The molecular weight excluding hydrogens is 507 g/mol. The number of carbonyl (C=O) groups is 1. The minimum Gasteiger partial charge on any atom is -0.379 e. The van der Waals surface area contributed by atoms with E-state index in [2.05, 4.69) is 22.5 Å². The Morgan fingerprint density at radius 1 is 1.00 bits per heavy atom. The first-order valence-electron chi connectivity index (χ1n) is 11.2. The van der Waals surface area contributed by atoms with Crippen LogP contribution in [0.1, 0.15) is 54.9 Å². The van der Waals surface area contributed by atoms with Crippen LogP contribution in [0.3, 0.4) is 0 Å². The number of hydrogen-bond acceptors (Lipinski definition) is 4. The number of rotatable bonds is 12. The number of hydrogen-bond donors (Lipinski definition) is 2. The molecule has 1 heterocycles. The quantitative estimate of drug-likeness (QED) is 0.182. The highest BCUT2D eigenvalue weighted by molar-refractivity contribution is 14.0. The van der Waals surface area contributed by atoms with Crippen molar-refractivity contribution in [1.82, 2.24) is 15.5 Å². The first kappa shape index (κ1) is 27.6. The van der Waals surface area contributed by atoms with Crippen LogP contribution in [-0.4, -0.2) is 69.9 Å². The van der Waals surface area contributed by atoms with Crippen LogP contribution in [0.5, 0.6) is 0 Å². The molecule has 0 aromatic heterocycles. The number of halogens is 1. The van der Waals surface area contributed by atoms with Crippen molar-refractivity contribution in [3.63, 3.8) is 0 Å². The number of guanidine groups is 1. The maximum Gasteiger partial charge on any atom is 0.253 e. The van der Waals surface area contributed by atoms with Crippen LogP contribution < -0.4 is 10.6 Å². The van der Waals surface area contributed by atoms with Crippen molar-refractivity contribution in [2.24, 2.45) is 4.99 Å². The third-order valence-electron chi connectivity index (χ3n) is 5.08. The Bertz CT molecular complexity index is 634. The zero-order valence-corrected chi connectivity index (χ0v) is 21.4. The molecule has 2 N–H and O–H groups in total. The van der Waals surface area contributed by atoms with Crippen molar-refractivity contribution in [1.29, 1.82) is 0 Å². The van der Waals surface area contributed by atoms with Crippen LogP contribution in [-0.2, 0) is 16.0 Å². The summed E-state index contributed by atoms with van der Waals surface area (Å²) in [5.74, 6) is 0.869. The van der Waals surface area contributed by atoms with Crippen molar-refractivity contribution >= 4 is 35.8 Å². The Morgan fingerprint density at radius 2 is 1.68 bits per heavy atom. The molecule has 7 nitrogen and oxygen atoms in total. The molecule has 1 amide bonds. The van der Waals surface area contributed by atoms with Crippen LogP contribution >= 0.6 is 24.0 Å². The summed E-state index contributed by atoms with van der Waals surface area (Å²) in [7, 11) is 1.75. The zero-order chi connectivity index (χ0) is 21.4. The monoisotopic (exact) mass is 546 g/mol. The lowest BCUT2D eigenvalue weighted by Crippen LogP contribution is -2.38. The van der Waals surface area contributed by atoms with Crippen molar-refractivity contribution in [3.05, 3.63) is 35.4 Å². The molecule has 0 bridgehead atoms. The molecule has 1 saturated heterocycles. The van der Waals surface area contributed by atoms with Crippen LogP contribution in [0.15, 0.2) is 29.3 Å². The summed E-state index contributed by atoms with van der Waals surface area (Å²) in [5.41, 5.74) is 1.87. The van der Waals surface area contributed by atoms with Crippen LogP contribution in [0.4, 0.5) is 0 Å². The number of nitrogens with one attached hydrogen (secondary N) is 2. The van der Waals surface area contributed by atoms with E-state index in [1.165, 1.54) is 6.42 Å². The first-order valence-corrected chi connectivity index (χ1v) is 11.2. The predicted molar refractivity (Wildman–Crippen MR) is 136 cm³/mol. The SMILES string of the molecule is CCCCOCCOCCNC(=NC)NCc1ccc(C(=O)N2CCCCC2)cc1.I. The van der Waals surface area contributed by atoms with E-state index in [0.29, 0.717) is 32.9 Å². The van der Waals surface area contributed by atoms with Gasteiger partial charge in [0.2, 0.25) is 0 Å². The minimum absolute atomic E-state index is 0. The molecule has 1 aliphatic heterocycles. The molecule has 0 atom stereocenters. The lowest BCUT2D eigenvalue weighted by atomic mass is 10.1. The Morgan fingerprint density at radius 3 is 2.32 bits per heavy atom. The topological polar surface area (TPSA) is 75.2 Å². The second-order valence-corrected chi connectivity index (χ2v) is 7.48. The lowest BCUT2D eigenvalue weighted by molar-refractivity contribution is 0.0487. The third kappa shape index (κ3) is 11.2. The highest BCUT2D eigenvalue weighted by atomic mass is 127. The van der Waals surface area contributed by atoms with Gasteiger partial charge in [0, 0.05) is 45.4 Å². The van der Waals surface area contributed by atoms with E-state index < -0.39 is 0 Å². The number of ether oxygens (including phenoxy) is 2. The molecule has 1 aromatic carbocycles. The van der Waals surface area contributed by atoms with Gasteiger partial charge in [0.25, 0.3) is 5.91 Å². The van der Waals surface area contributed by atoms with Gasteiger partial charge in [0.1, 0.15) is 0 Å². The van der Waals surface area contributed by atoms with E-state index in [4.69, 9.17) is 9.47 Å². The summed E-state index contributed by atoms with van der Waals surface area (Å²) in [6, 6.07) is 7.83.